The molecular weight excluding hydrogens is 564 g/mol. The number of aromatic hydroxyl groups is 4. The number of amides is 2. The van der Waals surface area contributed by atoms with Gasteiger partial charge in [-0.1, -0.05) is 36.4 Å². The highest BCUT2D eigenvalue weighted by molar-refractivity contribution is 5.91. The molecule has 6 N–H and O–H groups in total. The van der Waals surface area contributed by atoms with Crippen LogP contribution in [0.2, 0.25) is 0 Å². The number of ether oxygens (including phenoxy) is 2. The van der Waals surface area contributed by atoms with Gasteiger partial charge in [-0.25, -0.2) is 0 Å². The van der Waals surface area contributed by atoms with Crippen molar-refractivity contribution in [1.29, 1.82) is 0 Å². The van der Waals surface area contributed by atoms with Gasteiger partial charge in [0, 0.05) is 24.7 Å². The van der Waals surface area contributed by atoms with Crippen molar-refractivity contribution in [2.45, 2.75) is 25.0 Å². The van der Waals surface area contributed by atoms with Crippen LogP contribution in [0.1, 0.15) is 28.4 Å². The molecule has 10 heteroatoms. The molecule has 0 saturated heterocycles. The van der Waals surface area contributed by atoms with Gasteiger partial charge in [-0.15, -0.1) is 0 Å². The predicted molar refractivity (Wildman–Crippen MR) is 163 cm³/mol. The van der Waals surface area contributed by atoms with Crippen molar-refractivity contribution >= 4 is 17.9 Å². The SMILES string of the molecule is O=C(C=Cc1ccc2c(c1)O[C@H](C(=O)NCCc1ccc(O)cc1)[C@@H](c1ccc(O)c(O)c1)O2)NCCc1ccc(O)cc1. The van der Waals surface area contributed by atoms with Gasteiger partial charge in [0.2, 0.25) is 12.0 Å². The third-order valence-corrected chi connectivity index (χ3v) is 7.06. The number of rotatable bonds is 10. The van der Waals surface area contributed by atoms with Gasteiger partial charge in [-0.05, 0) is 84.1 Å². The zero-order valence-corrected chi connectivity index (χ0v) is 23.6. The monoisotopic (exact) mass is 596 g/mol. The molecule has 2 atom stereocenters. The number of carbonyl (C=O) groups is 2. The summed E-state index contributed by atoms with van der Waals surface area (Å²) in [5.74, 6) is -0.369. The molecule has 0 fully saturated rings. The Morgan fingerprint density at radius 1 is 0.682 bits per heavy atom. The predicted octanol–water partition coefficient (Wildman–Crippen LogP) is 4.12. The van der Waals surface area contributed by atoms with E-state index in [2.05, 4.69) is 10.6 Å². The number of carbonyl (C=O) groups excluding carboxylic acids is 2. The van der Waals surface area contributed by atoms with Crippen molar-refractivity contribution in [1.82, 2.24) is 10.6 Å². The van der Waals surface area contributed by atoms with Gasteiger partial charge >= 0.3 is 0 Å². The summed E-state index contributed by atoms with van der Waals surface area (Å²) in [6, 6.07) is 22.7. The molecule has 44 heavy (non-hydrogen) atoms. The summed E-state index contributed by atoms with van der Waals surface area (Å²) in [6.07, 6.45) is 2.10. The highest BCUT2D eigenvalue weighted by atomic mass is 16.6. The average molecular weight is 597 g/mol. The maximum atomic E-state index is 13.4. The first-order valence-electron chi connectivity index (χ1n) is 14.0. The van der Waals surface area contributed by atoms with Crippen LogP contribution in [0.3, 0.4) is 0 Å². The Hall–Kier alpha value is -5.64. The summed E-state index contributed by atoms with van der Waals surface area (Å²) >= 11 is 0. The van der Waals surface area contributed by atoms with E-state index in [-0.39, 0.29) is 28.9 Å². The van der Waals surface area contributed by atoms with E-state index in [1.54, 1.807) is 78.9 Å². The van der Waals surface area contributed by atoms with E-state index in [1.807, 2.05) is 0 Å². The second kappa shape index (κ2) is 13.6. The quantitative estimate of drug-likeness (QED) is 0.118. The highest BCUT2D eigenvalue weighted by Crippen LogP contribution is 2.41. The molecular formula is C34H32N2O8. The van der Waals surface area contributed by atoms with Gasteiger partial charge < -0.3 is 40.5 Å². The van der Waals surface area contributed by atoms with Crippen molar-refractivity contribution in [3.8, 4) is 34.5 Å². The van der Waals surface area contributed by atoms with Crippen LogP contribution >= 0.6 is 0 Å². The summed E-state index contributed by atoms with van der Waals surface area (Å²) in [5, 5.41) is 44.4. The molecule has 4 aromatic rings. The van der Waals surface area contributed by atoms with Gasteiger partial charge in [0.05, 0.1) is 0 Å². The zero-order valence-electron chi connectivity index (χ0n) is 23.6. The molecule has 4 aromatic carbocycles. The van der Waals surface area contributed by atoms with Gasteiger partial charge in [-0.2, -0.15) is 0 Å². The Kier molecular flexibility index (Phi) is 9.19. The van der Waals surface area contributed by atoms with Gasteiger partial charge in [-0.3, -0.25) is 9.59 Å². The molecule has 10 nitrogen and oxygen atoms in total. The second-order valence-corrected chi connectivity index (χ2v) is 10.3. The highest BCUT2D eigenvalue weighted by Gasteiger charge is 2.38. The van der Waals surface area contributed by atoms with E-state index in [0.717, 1.165) is 11.1 Å². The fourth-order valence-electron chi connectivity index (χ4n) is 4.68. The minimum Gasteiger partial charge on any atom is -0.508 e. The van der Waals surface area contributed by atoms with Gasteiger partial charge in [0.25, 0.3) is 5.91 Å². The first kappa shape index (κ1) is 29.8. The summed E-state index contributed by atoms with van der Waals surface area (Å²) in [4.78, 5) is 25.7. The summed E-state index contributed by atoms with van der Waals surface area (Å²) in [5.41, 5.74) is 2.99. The topological polar surface area (TPSA) is 158 Å². The van der Waals surface area contributed by atoms with E-state index in [9.17, 15) is 30.0 Å². The zero-order chi connectivity index (χ0) is 31.1. The molecule has 0 unspecified atom stereocenters. The van der Waals surface area contributed by atoms with Crippen LogP contribution in [0.5, 0.6) is 34.5 Å². The Morgan fingerprint density at radius 2 is 1.32 bits per heavy atom. The van der Waals surface area contributed by atoms with Crippen molar-refractivity contribution in [2.24, 2.45) is 0 Å². The molecule has 0 saturated carbocycles. The first-order chi connectivity index (χ1) is 21.2. The minimum atomic E-state index is -1.13. The van der Waals surface area contributed by atoms with E-state index < -0.39 is 18.1 Å². The second-order valence-electron chi connectivity index (χ2n) is 10.3. The molecule has 0 spiro atoms. The summed E-state index contributed by atoms with van der Waals surface area (Å²) < 4.78 is 12.3. The normalized spacial score (nSPS) is 15.5. The molecule has 0 bridgehead atoms. The Balaban J connectivity index is 1.26. The maximum absolute atomic E-state index is 13.4. The van der Waals surface area contributed by atoms with E-state index in [0.29, 0.717) is 48.6 Å². The molecule has 0 aliphatic carbocycles. The number of hydrogen-bond acceptors (Lipinski definition) is 8. The Labute approximate surface area is 253 Å². The van der Waals surface area contributed by atoms with Crippen LogP contribution < -0.4 is 20.1 Å². The number of nitrogens with one attached hydrogen (secondary N) is 2. The molecule has 2 amide bonds. The largest absolute Gasteiger partial charge is 0.508 e. The summed E-state index contributed by atoms with van der Waals surface area (Å²) in [6.45, 7) is 0.724. The number of phenolic OH excluding ortho intramolecular Hbond substituents is 4. The van der Waals surface area contributed by atoms with Crippen molar-refractivity contribution in [2.75, 3.05) is 13.1 Å². The number of phenols is 4. The van der Waals surface area contributed by atoms with E-state index in [4.69, 9.17) is 9.47 Å². The fourth-order valence-corrected chi connectivity index (χ4v) is 4.68. The van der Waals surface area contributed by atoms with Crippen LogP contribution in [0.4, 0.5) is 0 Å². The summed E-state index contributed by atoms with van der Waals surface area (Å²) in [7, 11) is 0. The van der Waals surface area contributed by atoms with Gasteiger partial charge in [0.1, 0.15) is 11.5 Å². The lowest BCUT2D eigenvalue weighted by Gasteiger charge is -2.33. The lowest BCUT2D eigenvalue weighted by molar-refractivity contribution is -0.134. The Morgan fingerprint density at radius 3 is 1.95 bits per heavy atom. The minimum absolute atomic E-state index is 0.157. The van der Waals surface area contributed by atoms with E-state index in [1.165, 1.54) is 18.2 Å². The molecule has 0 radical (unpaired) electrons. The lowest BCUT2D eigenvalue weighted by Crippen LogP contribution is -2.46. The van der Waals surface area contributed by atoms with Crippen LogP contribution in [-0.2, 0) is 22.4 Å². The molecule has 5 rings (SSSR count). The average Bonchev–Trinajstić information content (AvgIpc) is 3.02. The number of hydrogen-bond donors (Lipinski definition) is 6. The van der Waals surface area contributed by atoms with Crippen LogP contribution in [0, 0.1) is 0 Å². The molecule has 0 aromatic heterocycles. The maximum Gasteiger partial charge on any atom is 0.265 e. The van der Waals surface area contributed by atoms with E-state index >= 15 is 0 Å². The van der Waals surface area contributed by atoms with Gasteiger partial charge in [0.15, 0.2) is 29.1 Å². The van der Waals surface area contributed by atoms with Crippen molar-refractivity contribution < 1.29 is 39.5 Å². The van der Waals surface area contributed by atoms with Crippen LogP contribution in [0.25, 0.3) is 6.08 Å². The lowest BCUT2D eigenvalue weighted by atomic mass is 10.0. The van der Waals surface area contributed by atoms with Crippen molar-refractivity contribution in [3.63, 3.8) is 0 Å². The molecule has 226 valence electrons. The third kappa shape index (κ3) is 7.60. The standard InChI is InChI=1S/C34H32N2O8/c37-25-8-1-21(2-9-25)15-17-35-31(41)14-6-23-5-13-29-30(19-23)44-33(32(43-29)24-7-12-27(39)28(40)20-24)34(42)36-18-16-22-3-10-26(38)11-4-22/h1-14,19-20,32-33,37-40H,15-18H2,(H,35,41)(H,36,42)/t32-,33+/m1/s1. The number of benzene rings is 4. The molecule has 1 aliphatic rings. The molecule has 1 heterocycles. The third-order valence-electron chi connectivity index (χ3n) is 7.06. The Bertz CT molecular complexity index is 1650. The molecule has 1 aliphatic heterocycles. The smallest absolute Gasteiger partial charge is 0.265 e. The fraction of sp³-hybridized carbons (Fsp3) is 0.176. The van der Waals surface area contributed by atoms with Crippen molar-refractivity contribution in [3.05, 3.63) is 113 Å². The number of fused-ring (bicyclic) bond motifs is 1. The van der Waals surface area contributed by atoms with Crippen LogP contribution in [0.15, 0.2) is 91.0 Å². The first-order valence-corrected chi connectivity index (χ1v) is 14.0. The van der Waals surface area contributed by atoms with Crippen LogP contribution in [-0.4, -0.2) is 51.4 Å².